The molecule has 0 spiro atoms. The molecule has 2 aromatic rings. The van der Waals surface area contributed by atoms with Gasteiger partial charge in [-0.1, -0.05) is 23.7 Å². The highest BCUT2D eigenvalue weighted by molar-refractivity contribution is 6.30. The van der Waals surface area contributed by atoms with Crippen molar-refractivity contribution in [1.82, 2.24) is 4.98 Å². The predicted molar refractivity (Wildman–Crippen MR) is 97.2 cm³/mol. The molecule has 0 bridgehead atoms. The highest BCUT2D eigenvalue weighted by Crippen LogP contribution is 2.20. The number of halogens is 1. The fourth-order valence-corrected chi connectivity index (χ4v) is 3.16. The Labute approximate surface area is 152 Å². The van der Waals surface area contributed by atoms with Gasteiger partial charge < -0.3 is 15.0 Å². The van der Waals surface area contributed by atoms with Crippen molar-refractivity contribution >= 4 is 23.4 Å². The van der Waals surface area contributed by atoms with Gasteiger partial charge >= 0.3 is 5.97 Å². The van der Waals surface area contributed by atoms with E-state index >= 15 is 0 Å². The number of H-pyrrole nitrogens is 1. The molecule has 0 saturated carbocycles. The van der Waals surface area contributed by atoms with Crippen molar-refractivity contribution in [2.24, 2.45) is 0 Å². The molecule has 0 aliphatic rings. The highest BCUT2D eigenvalue weighted by atomic mass is 35.5. The van der Waals surface area contributed by atoms with Gasteiger partial charge in [0, 0.05) is 16.3 Å². The molecule has 1 heterocycles. The van der Waals surface area contributed by atoms with Gasteiger partial charge in [-0.2, -0.15) is 0 Å². The van der Waals surface area contributed by atoms with Crippen LogP contribution < -0.4 is 5.32 Å². The van der Waals surface area contributed by atoms with Gasteiger partial charge in [0.15, 0.2) is 0 Å². The van der Waals surface area contributed by atoms with E-state index in [0.29, 0.717) is 27.5 Å². The number of nitrogens with two attached hydrogens (primary N) is 1. The normalized spacial score (nSPS) is 13.4. The number of hydrogen-bond acceptors (Lipinski definition) is 3. The van der Waals surface area contributed by atoms with Crippen molar-refractivity contribution in [2.45, 2.75) is 39.8 Å². The van der Waals surface area contributed by atoms with Crippen LogP contribution in [0.2, 0.25) is 5.02 Å². The SMILES string of the molecule is COC(=O)c1c(C)[nH]c(C(=O)[C@H](C)[NH2+][C@H](C)c2ccc(Cl)cc2)c1C. The summed E-state index contributed by atoms with van der Waals surface area (Å²) in [6.07, 6.45) is 0. The maximum absolute atomic E-state index is 12.8. The Bertz CT molecular complexity index is 781. The Balaban J connectivity index is 2.17. The number of aromatic nitrogens is 1. The van der Waals surface area contributed by atoms with E-state index in [2.05, 4.69) is 4.98 Å². The minimum Gasteiger partial charge on any atom is -0.465 e. The van der Waals surface area contributed by atoms with E-state index < -0.39 is 5.97 Å². The zero-order valence-electron chi connectivity index (χ0n) is 15.1. The summed E-state index contributed by atoms with van der Waals surface area (Å²) in [5.41, 5.74) is 3.27. The van der Waals surface area contributed by atoms with Crippen LogP contribution in [0.1, 0.15) is 57.6 Å². The van der Waals surface area contributed by atoms with Gasteiger partial charge in [-0.15, -0.1) is 0 Å². The molecule has 5 nitrogen and oxygen atoms in total. The molecule has 0 aliphatic carbocycles. The molecular formula is C19H24ClN2O3+. The van der Waals surface area contributed by atoms with Gasteiger partial charge in [0.2, 0.25) is 5.78 Å². The maximum Gasteiger partial charge on any atom is 0.339 e. The second-order valence-corrected chi connectivity index (χ2v) is 6.74. The first-order valence-corrected chi connectivity index (χ1v) is 8.56. The molecule has 0 aliphatic heterocycles. The summed E-state index contributed by atoms with van der Waals surface area (Å²) in [5.74, 6) is -0.479. The Hall–Kier alpha value is -2.11. The van der Waals surface area contributed by atoms with Crippen LogP contribution >= 0.6 is 11.6 Å². The van der Waals surface area contributed by atoms with Crippen LogP contribution in [-0.4, -0.2) is 29.9 Å². The number of rotatable bonds is 6. The number of aryl methyl sites for hydroxylation is 1. The zero-order valence-corrected chi connectivity index (χ0v) is 15.9. The predicted octanol–water partition coefficient (Wildman–Crippen LogP) is 2.97. The third-order valence-electron chi connectivity index (χ3n) is 4.46. The summed E-state index contributed by atoms with van der Waals surface area (Å²) in [5, 5.41) is 2.69. The Kier molecular flexibility index (Phi) is 6.03. The summed E-state index contributed by atoms with van der Waals surface area (Å²) in [6, 6.07) is 7.41. The monoisotopic (exact) mass is 363 g/mol. The highest BCUT2D eigenvalue weighted by Gasteiger charge is 2.28. The van der Waals surface area contributed by atoms with Crippen molar-refractivity contribution in [2.75, 3.05) is 7.11 Å². The van der Waals surface area contributed by atoms with Crippen LogP contribution in [0.25, 0.3) is 0 Å². The van der Waals surface area contributed by atoms with Crippen molar-refractivity contribution < 1.29 is 19.6 Å². The van der Waals surface area contributed by atoms with E-state index in [1.165, 1.54) is 7.11 Å². The molecule has 134 valence electrons. The lowest BCUT2D eigenvalue weighted by Crippen LogP contribution is -2.91. The number of esters is 1. The Morgan fingerprint density at radius 1 is 1.16 bits per heavy atom. The minimum absolute atomic E-state index is 0.0448. The summed E-state index contributed by atoms with van der Waals surface area (Å²) in [6.45, 7) is 7.43. The molecule has 0 unspecified atom stereocenters. The third kappa shape index (κ3) is 4.11. The number of nitrogens with one attached hydrogen (secondary N) is 1. The Morgan fingerprint density at radius 3 is 2.32 bits per heavy atom. The van der Waals surface area contributed by atoms with E-state index in [-0.39, 0.29) is 17.9 Å². The molecule has 6 heteroatoms. The number of carbonyl (C=O) groups is 2. The molecule has 3 N–H and O–H groups in total. The summed E-state index contributed by atoms with van der Waals surface area (Å²) >= 11 is 5.92. The van der Waals surface area contributed by atoms with Gasteiger partial charge in [0.05, 0.1) is 18.4 Å². The topological polar surface area (TPSA) is 75.8 Å². The molecular weight excluding hydrogens is 340 g/mol. The van der Waals surface area contributed by atoms with Crippen molar-refractivity contribution in [3.8, 4) is 0 Å². The first-order valence-electron chi connectivity index (χ1n) is 8.18. The van der Waals surface area contributed by atoms with Crippen molar-refractivity contribution in [3.63, 3.8) is 0 Å². The second-order valence-electron chi connectivity index (χ2n) is 6.30. The summed E-state index contributed by atoms with van der Waals surface area (Å²) in [7, 11) is 1.33. The van der Waals surface area contributed by atoms with Gasteiger partial charge in [-0.25, -0.2) is 4.79 Å². The van der Waals surface area contributed by atoms with Crippen molar-refractivity contribution in [3.05, 3.63) is 57.4 Å². The number of hydrogen-bond donors (Lipinski definition) is 2. The lowest BCUT2D eigenvalue weighted by molar-refractivity contribution is -0.709. The first kappa shape index (κ1) is 19.2. The van der Waals surface area contributed by atoms with Gasteiger partial charge in [-0.05, 0) is 45.4 Å². The maximum atomic E-state index is 12.8. The van der Waals surface area contributed by atoms with E-state index in [0.717, 1.165) is 5.56 Å². The molecule has 2 rings (SSSR count). The minimum atomic E-state index is -0.434. The molecule has 2 atom stereocenters. The average Bonchev–Trinajstić information content (AvgIpc) is 2.88. The summed E-state index contributed by atoms with van der Waals surface area (Å²) < 4.78 is 4.79. The van der Waals surface area contributed by atoms with Crippen LogP contribution in [0.15, 0.2) is 24.3 Å². The molecule has 0 saturated heterocycles. The molecule has 0 radical (unpaired) electrons. The first-order chi connectivity index (χ1) is 11.8. The largest absolute Gasteiger partial charge is 0.465 e. The standard InChI is InChI=1S/C19H23ClN2O3/c1-10-16(19(24)25-5)12(3)22-17(10)18(23)13(4)21-11(2)14-6-8-15(20)9-7-14/h6-9,11,13,21-22H,1-5H3/p+1/t11-,13+/m1/s1. The van der Waals surface area contributed by atoms with Gasteiger partial charge in [0.1, 0.15) is 12.1 Å². The number of methoxy groups -OCH3 is 1. The molecule has 25 heavy (non-hydrogen) atoms. The Morgan fingerprint density at radius 2 is 1.76 bits per heavy atom. The number of quaternary nitrogens is 1. The van der Waals surface area contributed by atoms with Gasteiger partial charge in [-0.3, -0.25) is 4.79 Å². The lowest BCUT2D eigenvalue weighted by atomic mass is 10.0. The number of ketones is 1. The fraction of sp³-hybridized carbons (Fsp3) is 0.368. The van der Waals surface area contributed by atoms with Crippen LogP contribution in [0.5, 0.6) is 0 Å². The lowest BCUT2D eigenvalue weighted by Gasteiger charge is -2.16. The zero-order chi connectivity index (χ0) is 18.7. The quantitative estimate of drug-likeness (QED) is 0.612. The molecule has 0 fully saturated rings. The van der Waals surface area contributed by atoms with Gasteiger partial charge in [0.25, 0.3) is 0 Å². The van der Waals surface area contributed by atoms with Crippen LogP contribution in [-0.2, 0) is 4.74 Å². The summed E-state index contributed by atoms with van der Waals surface area (Å²) in [4.78, 5) is 27.7. The number of benzene rings is 1. The molecule has 1 aromatic carbocycles. The van der Waals surface area contributed by atoms with Crippen LogP contribution in [0.3, 0.4) is 0 Å². The molecule has 1 aromatic heterocycles. The van der Waals surface area contributed by atoms with E-state index in [1.54, 1.807) is 13.8 Å². The van der Waals surface area contributed by atoms with E-state index in [1.807, 2.05) is 43.4 Å². The number of carbonyl (C=O) groups excluding carboxylic acids is 2. The van der Waals surface area contributed by atoms with E-state index in [4.69, 9.17) is 16.3 Å². The van der Waals surface area contributed by atoms with E-state index in [9.17, 15) is 9.59 Å². The third-order valence-corrected chi connectivity index (χ3v) is 4.71. The number of Topliss-reactive ketones (excluding diaryl/α,β-unsaturated/α-hetero) is 1. The smallest absolute Gasteiger partial charge is 0.339 e. The number of aromatic amines is 1. The average molecular weight is 364 g/mol. The van der Waals surface area contributed by atoms with Crippen molar-refractivity contribution in [1.29, 1.82) is 0 Å². The van der Waals surface area contributed by atoms with Crippen LogP contribution in [0.4, 0.5) is 0 Å². The number of ether oxygens (including phenoxy) is 1. The van der Waals surface area contributed by atoms with Crippen LogP contribution in [0, 0.1) is 13.8 Å². The molecule has 0 amide bonds. The fourth-order valence-electron chi connectivity index (χ4n) is 3.03. The second kappa shape index (κ2) is 7.85.